The molecule has 4 fully saturated rings. The van der Waals surface area contributed by atoms with Gasteiger partial charge in [-0.05, 0) is 138 Å². The van der Waals surface area contributed by atoms with Gasteiger partial charge in [0.25, 0.3) is 0 Å². The van der Waals surface area contributed by atoms with Crippen LogP contribution >= 0.6 is 0 Å². The molecule has 6 aromatic heterocycles. The Balaban J connectivity index is 0.000000150. The lowest BCUT2D eigenvalue weighted by atomic mass is 9.89. The molecule has 4 aliphatic rings. The average Bonchev–Trinajstić information content (AvgIpc) is 3.90. The Morgan fingerprint density at radius 1 is 0.554 bits per heavy atom. The zero-order valence-corrected chi connectivity index (χ0v) is 36.6. The van der Waals surface area contributed by atoms with E-state index in [1.807, 2.05) is 36.7 Å². The summed E-state index contributed by atoms with van der Waals surface area (Å²) >= 11 is 0. The van der Waals surface area contributed by atoms with Gasteiger partial charge < -0.3 is 32.7 Å². The molecule has 6 aromatic rings. The first kappa shape index (κ1) is 47.7. The van der Waals surface area contributed by atoms with Crippen molar-refractivity contribution in [3.05, 3.63) is 95.6 Å². The monoisotopic (exact) mass is 906 g/mol. The van der Waals surface area contributed by atoms with E-state index in [2.05, 4.69) is 41.2 Å². The number of alkyl halides is 2. The maximum Gasteiger partial charge on any atom is 0.168 e. The number of halogens is 6. The summed E-state index contributed by atoms with van der Waals surface area (Å²) in [4.78, 5) is 16.3. The van der Waals surface area contributed by atoms with Crippen LogP contribution in [-0.4, -0.2) is 80.3 Å². The van der Waals surface area contributed by atoms with Crippen molar-refractivity contribution in [2.24, 2.45) is 11.8 Å². The minimum Gasteiger partial charge on any atom is -0.381 e. The van der Waals surface area contributed by atoms with E-state index in [0.29, 0.717) is 48.4 Å². The molecule has 2 aliphatic carbocycles. The van der Waals surface area contributed by atoms with E-state index >= 15 is 0 Å². The van der Waals surface area contributed by atoms with Gasteiger partial charge in [0.1, 0.15) is 35.0 Å². The fourth-order valence-electron chi connectivity index (χ4n) is 8.06. The van der Waals surface area contributed by atoms with Crippen LogP contribution in [-0.2, 0) is 13.1 Å². The quantitative estimate of drug-likeness (QED) is 0.0742. The molecule has 8 heterocycles. The van der Waals surface area contributed by atoms with Crippen molar-refractivity contribution >= 4 is 22.9 Å². The predicted molar refractivity (Wildman–Crippen MR) is 242 cm³/mol. The second-order valence-corrected chi connectivity index (χ2v) is 17.2. The first-order valence-corrected chi connectivity index (χ1v) is 22.8. The van der Waals surface area contributed by atoms with Gasteiger partial charge in [0.15, 0.2) is 34.9 Å². The molecule has 65 heavy (non-hydrogen) atoms. The van der Waals surface area contributed by atoms with E-state index < -0.39 is 35.6 Å². The standard InChI is InChI=1S/C20H23F2N5.C17H17F2N5.2C5H10FN/c21-15-9-16(22)20(23)26-19(15)17-12-25-18-8-14(6-7-27(17)18)11-24-10-13-4-2-1-3-5-13;18-12-6-13(19)17(20)23-16(12)14-9-22-15-5-11(3-4-24(14)15)8-21-7-10-1-2-10;2*6-5-1-3-7-4-2-5/h6-9,12-13,24H,1-5,10-11H2,(H2,23,26);3-6,9-10,21H,1-2,7-8H2,(H2,20,23);2*5,7H,1-4H2. The van der Waals surface area contributed by atoms with Crippen molar-refractivity contribution in [1.82, 2.24) is 50.0 Å². The number of nitrogens with two attached hydrogens (primary N) is 2. The number of anilines is 2. The van der Waals surface area contributed by atoms with Gasteiger partial charge in [-0.25, -0.2) is 46.3 Å². The number of pyridine rings is 4. The molecular formula is C47H60F6N12. The normalized spacial score (nSPS) is 17.2. The molecule has 0 unspecified atom stereocenters. The third-order valence-corrected chi connectivity index (χ3v) is 12.0. The Morgan fingerprint density at radius 3 is 1.35 bits per heavy atom. The number of aromatic nitrogens is 6. The number of nitrogen functional groups attached to an aromatic ring is 2. The van der Waals surface area contributed by atoms with Crippen molar-refractivity contribution < 1.29 is 26.3 Å². The van der Waals surface area contributed by atoms with E-state index in [1.54, 1.807) is 8.80 Å². The first-order valence-electron chi connectivity index (χ1n) is 22.8. The minimum atomic E-state index is -0.867. The lowest BCUT2D eigenvalue weighted by Crippen LogP contribution is -2.28. The molecule has 0 atom stereocenters. The summed E-state index contributed by atoms with van der Waals surface area (Å²) in [6.07, 6.45) is 17.8. The van der Waals surface area contributed by atoms with Crippen LogP contribution in [0, 0.1) is 35.1 Å². The van der Waals surface area contributed by atoms with Crippen LogP contribution < -0.4 is 32.7 Å². The van der Waals surface area contributed by atoms with E-state index in [1.165, 1.54) is 57.3 Å². The second-order valence-electron chi connectivity index (χ2n) is 17.2. The van der Waals surface area contributed by atoms with Gasteiger partial charge in [-0.3, -0.25) is 8.80 Å². The van der Waals surface area contributed by atoms with E-state index in [9.17, 15) is 26.3 Å². The second kappa shape index (κ2) is 23.2. The molecule has 0 radical (unpaired) electrons. The number of rotatable bonds is 10. The highest BCUT2D eigenvalue weighted by Crippen LogP contribution is 2.29. The number of nitrogens with one attached hydrogen (secondary N) is 4. The van der Waals surface area contributed by atoms with Crippen LogP contribution in [0.15, 0.2) is 61.2 Å². The molecule has 8 N–H and O–H groups in total. The summed E-state index contributed by atoms with van der Waals surface area (Å²) in [5, 5.41) is 13.1. The molecule has 0 amide bonds. The van der Waals surface area contributed by atoms with Gasteiger partial charge in [-0.1, -0.05) is 19.3 Å². The Hall–Kier alpha value is -5.30. The third kappa shape index (κ3) is 13.6. The molecule has 0 spiro atoms. The van der Waals surface area contributed by atoms with Gasteiger partial charge >= 0.3 is 0 Å². The SMILES string of the molecule is FC1CCNCC1.FC1CCNCC1.Nc1nc(-c2cnc3cc(CNCC4CC4)ccn23)c(F)cc1F.Nc1nc(-c2cnc3cc(CNCC4CCCCC4)ccn23)c(F)cc1F. The van der Waals surface area contributed by atoms with E-state index in [-0.39, 0.29) is 23.0 Å². The van der Waals surface area contributed by atoms with Crippen LogP contribution in [0.1, 0.15) is 81.8 Å². The highest BCUT2D eigenvalue weighted by molar-refractivity contribution is 5.64. The van der Waals surface area contributed by atoms with Crippen molar-refractivity contribution in [3.63, 3.8) is 0 Å². The number of hydrogen-bond donors (Lipinski definition) is 6. The first-order chi connectivity index (χ1) is 31.5. The van der Waals surface area contributed by atoms with Crippen molar-refractivity contribution in [3.8, 4) is 22.8 Å². The van der Waals surface area contributed by atoms with Crippen molar-refractivity contribution in [2.75, 3.05) is 50.7 Å². The topological polar surface area (TPSA) is 161 Å². The van der Waals surface area contributed by atoms with Crippen LogP contribution in [0.4, 0.5) is 38.0 Å². The minimum absolute atomic E-state index is 0.00965. The molecule has 12 nitrogen and oxygen atoms in total. The summed E-state index contributed by atoms with van der Waals surface area (Å²) in [6.45, 7) is 7.06. The summed E-state index contributed by atoms with van der Waals surface area (Å²) in [5.74, 6) is -2.32. The molecule has 2 aliphatic heterocycles. The zero-order chi connectivity index (χ0) is 45.7. The molecule has 10 rings (SSSR count). The highest BCUT2D eigenvalue weighted by atomic mass is 19.2. The third-order valence-electron chi connectivity index (χ3n) is 12.0. The Labute approximate surface area is 375 Å². The number of imidazole rings is 2. The number of nitrogens with zero attached hydrogens (tertiary/aromatic N) is 6. The van der Waals surface area contributed by atoms with Crippen LogP contribution in [0.25, 0.3) is 34.1 Å². The molecule has 18 heteroatoms. The fourth-order valence-corrected chi connectivity index (χ4v) is 8.06. The van der Waals surface area contributed by atoms with Gasteiger partial charge in [0.05, 0.1) is 23.8 Å². The number of piperidine rings is 2. The van der Waals surface area contributed by atoms with Crippen molar-refractivity contribution in [2.45, 2.75) is 96.1 Å². The van der Waals surface area contributed by atoms with E-state index in [0.717, 1.165) is 87.5 Å². The maximum absolute atomic E-state index is 14.1. The highest BCUT2D eigenvalue weighted by Gasteiger charge is 2.21. The lowest BCUT2D eigenvalue weighted by Gasteiger charge is -2.21. The summed E-state index contributed by atoms with van der Waals surface area (Å²) in [7, 11) is 0. The van der Waals surface area contributed by atoms with Gasteiger partial charge in [-0.2, -0.15) is 0 Å². The summed E-state index contributed by atoms with van der Waals surface area (Å²) < 4.78 is 82.6. The molecule has 2 saturated carbocycles. The Bertz CT molecular complexity index is 2420. The van der Waals surface area contributed by atoms with Crippen LogP contribution in [0.2, 0.25) is 0 Å². The van der Waals surface area contributed by atoms with Gasteiger partial charge in [-0.15, -0.1) is 0 Å². The number of fused-ring (bicyclic) bond motifs is 2. The fraction of sp³-hybridized carbons (Fsp3) is 0.489. The number of hydrogen-bond acceptors (Lipinski definition) is 10. The average molecular weight is 907 g/mol. The van der Waals surface area contributed by atoms with Crippen LogP contribution in [0.3, 0.4) is 0 Å². The van der Waals surface area contributed by atoms with E-state index in [4.69, 9.17) is 11.5 Å². The maximum atomic E-state index is 14.1. The smallest absolute Gasteiger partial charge is 0.168 e. The predicted octanol–water partition coefficient (Wildman–Crippen LogP) is 8.10. The van der Waals surface area contributed by atoms with Crippen LogP contribution in [0.5, 0.6) is 0 Å². The molecule has 0 aromatic carbocycles. The Kier molecular flexibility index (Phi) is 17.0. The summed E-state index contributed by atoms with van der Waals surface area (Å²) in [5.41, 5.74) is 15.4. The largest absolute Gasteiger partial charge is 0.381 e. The molecule has 350 valence electrons. The summed E-state index contributed by atoms with van der Waals surface area (Å²) in [6, 6.07) is 9.31. The Morgan fingerprint density at radius 2 is 0.969 bits per heavy atom. The lowest BCUT2D eigenvalue weighted by molar-refractivity contribution is 0.262. The zero-order valence-electron chi connectivity index (χ0n) is 36.6. The van der Waals surface area contributed by atoms with Gasteiger partial charge in [0, 0.05) is 37.6 Å². The van der Waals surface area contributed by atoms with Gasteiger partial charge in [0.2, 0.25) is 0 Å². The molecule has 2 saturated heterocycles. The molecular weight excluding hydrogens is 847 g/mol. The van der Waals surface area contributed by atoms with Crippen molar-refractivity contribution in [1.29, 1.82) is 0 Å². The molecule has 0 bridgehead atoms.